The molecule has 0 unspecified atom stereocenters. The fraction of sp³-hybridized carbons (Fsp3) is 0.280. The average molecular weight is 413 g/mol. The van der Waals surface area contributed by atoms with E-state index in [1.54, 1.807) is 0 Å². The van der Waals surface area contributed by atoms with Crippen LogP contribution in [0.25, 0.3) is 40.5 Å². The van der Waals surface area contributed by atoms with Crippen LogP contribution in [0.2, 0.25) is 0 Å². The summed E-state index contributed by atoms with van der Waals surface area (Å²) in [7, 11) is 1.92. The zero-order valence-electron chi connectivity index (χ0n) is 18.2. The summed E-state index contributed by atoms with van der Waals surface area (Å²) in [6.07, 6.45) is 11.8. The van der Waals surface area contributed by atoms with Crippen molar-refractivity contribution in [3.05, 3.63) is 58.9 Å². The maximum absolute atomic E-state index is 4.57. The van der Waals surface area contributed by atoms with E-state index in [0.29, 0.717) is 0 Å². The van der Waals surface area contributed by atoms with E-state index in [2.05, 4.69) is 69.0 Å². The number of benzene rings is 1. The number of aryl methyl sites for hydroxylation is 1. The lowest BCUT2D eigenvalue weighted by atomic mass is 10.1. The molecule has 1 aromatic carbocycles. The van der Waals surface area contributed by atoms with Crippen molar-refractivity contribution in [3.63, 3.8) is 0 Å². The lowest BCUT2D eigenvalue weighted by Gasteiger charge is -2.29. The number of H-pyrrole nitrogens is 2. The molecule has 0 spiro atoms. The molecule has 158 valence electrons. The van der Waals surface area contributed by atoms with Crippen LogP contribution in [0.5, 0.6) is 0 Å². The number of nitrogens with zero attached hydrogens (tertiary/aromatic N) is 4. The summed E-state index contributed by atoms with van der Waals surface area (Å²) in [6, 6.07) is 8.71. The summed E-state index contributed by atoms with van der Waals surface area (Å²) < 4.78 is 1.81. The van der Waals surface area contributed by atoms with E-state index in [9.17, 15) is 0 Å². The summed E-state index contributed by atoms with van der Waals surface area (Å²) in [5.74, 6) is 0. The number of piperidine rings is 1. The molecule has 0 saturated carbocycles. The van der Waals surface area contributed by atoms with E-state index in [1.807, 2.05) is 30.2 Å². The third kappa shape index (κ3) is 3.69. The molecule has 0 bridgehead atoms. The fourth-order valence-electron chi connectivity index (χ4n) is 4.35. The molecule has 1 fully saturated rings. The van der Waals surface area contributed by atoms with E-state index >= 15 is 0 Å². The third-order valence-electron chi connectivity index (χ3n) is 6.15. The minimum atomic E-state index is 0.861. The van der Waals surface area contributed by atoms with Crippen LogP contribution in [-0.4, -0.2) is 38.1 Å². The molecule has 31 heavy (non-hydrogen) atoms. The van der Waals surface area contributed by atoms with Crippen LogP contribution in [0.4, 0.5) is 5.69 Å². The van der Waals surface area contributed by atoms with Crippen LogP contribution >= 0.6 is 0 Å². The topological polar surface area (TPSA) is 65.5 Å². The molecule has 4 aromatic rings. The largest absolute Gasteiger partial charge is 0.371 e. The van der Waals surface area contributed by atoms with Crippen LogP contribution in [0.15, 0.2) is 42.7 Å². The zero-order chi connectivity index (χ0) is 21.4. The number of anilines is 1. The number of fused-ring (bicyclic) bond motifs is 1. The molecule has 0 atom stereocenters. The monoisotopic (exact) mass is 412 g/mol. The molecule has 6 nitrogen and oxygen atoms in total. The number of hydrogen-bond acceptors (Lipinski definition) is 3. The highest BCUT2D eigenvalue weighted by atomic mass is 15.2. The van der Waals surface area contributed by atoms with Gasteiger partial charge >= 0.3 is 0 Å². The van der Waals surface area contributed by atoms with Gasteiger partial charge in [-0.15, -0.1) is 0 Å². The van der Waals surface area contributed by atoms with Crippen molar-refractivity contribution in [3.8, 4) is 11.4 Å². The Morgan fingerprint density at radius 2 is 2.03 bits per heavy atom. The fourth-order valence-corrected chi connectivity index (χ4v) is 4.35. The van der Waals surface area contributed by atoms with Crippen LogP contribution in [-0.2, 0) is 7.05 Å². The maximum atomic E-state index is 4.57. The Hall–Kier alpha value is -3.54. The summed E-state index contributed by atoms with van der Waals surface area (Å²) in [4.78, 5) is 6.05. The first kappa shape index (κ1) is 19.4. The molecule has 5 rings (SSSR count). The molecular weight excluding hydrogens is 384 g/mol. The van der Waals surface area contributed by atoms with Gasteiger partial charge < -0.3 is 9.88 Å². The van der Waals surface area contributed by atoms with Gasteiger partial charge in [0.1, 0.15) is 5.69 Å². The SMILES string of the molecule is C=c1c(-c2cc3c(N4CCCCC4)cccc3[nH]2)n[nH]/c1=C/C=C(\C)c1cnn(C)c1. The highest BCUT2D eigenvalue weighted by Crippen LogP contribution is 2.31. The molecule has 4 heterocycles. The van der Waals surface area contributed by atoms with Gasteiger partial charge in [-0.3, -0.25) is 9.78 Å². The van der Waals surface area contributed by atoms with E-state index in [0.717, 1.165) is 51.7 Å². The van der Waals surface area contributed by atoms with Gasteiger partial charge in [-0.1, -0.05) is 18.7 Å². The average Bonchev–Trinajstić information content (AvgIpc) is 3.50. The van der Waals surface area contributed by atoms with Gasteiger partial charge in [0.15, 0.2) is 0 Å². The first-order chi connectivity index (χ1) is 15.1. The number of aromatic nitrogens is 5. The van der Waals surface area contributed by atoms with Gasteiger partial charge in [0.2, 0.25) is 0 Å². The second-order valence-corrected chi connectivity index (χ2v) is 8.35. The molecule has 1 saturated heterocycles. The Morgan fingerprint density at radius 1 is 1.19 bits per heavy atom. The highest BCUT2D eigenvalue weighted by molar-refractivity contribution is 5.96. The van der Waals surface area contributed by atoms with E-state index < -0.39 is 0 Å². The molecule has 3 aromatic heterocycles. The standard InChI is InChI=1S/C25H28N6/c1-17(19-15-26-30(3)16-19)10-11-21-18(2)25(29-28-21)23-14-20-22(27-23)8-7-9-24(20)31-12-5-4-6-13-31/h7-11,14-16,27-28H,2,4-6,12-13H2,1,3H3/b17-10+,21-11+. The second-order valence-electron chi connectivity index (χ2n) is 8.35. The van der Waals surface area contributed by atoms with E-state index in [4.69, 9.17) is 0 Å². The van der Waals surface area contributed by atoms with Crippen molar-refractivity contribution in [2.24, 2.45) is 7.05 Å². The smallest absolute Gasteiger partial charge is 0.116 e. The highest BCUT2D eigenvalue weighted by Gasteiger charge is 2.16. The predicted molar refractivity (Wildman–Crippen MR) is 128 cm³/mol. The van der Waals surface area contributed by atoms with Crippen molar-refractivity contribution in [1.82, 2.24) is 25.0 Å². The summed E-state index contributed by atoms with van der Waals surface area (Å²) >= 11 is 0. The molecule has 0 radical (unpaired) electrons. The number of nitrogens with one attached hydrogen (secondary N) is 2. The summed E-state index contributed by atoms with van der Waals surface area (Å²) in [6.45, 7) is 8.63. The van der Waals surface area contributed by atoms with Crippen LogP contribution < -0.4 is 15.5 Å². The number of allylic oxidation sites excluding steroid dienone is 2. The summed E-state index contributed by atoms with van der Waals surface area (Å²) in [5.41, 5.74) is 6.54. The maximum Gasteiger partial charge on any atom is 0.116 e. The second kappa shape index (κ2) is 7.95. The minimum Gasteiger partial charge on any atom is -0.371 e. The van der Waals surface area contributed by atoms with Crippen molar-refractivity contribution in [2.45, 2.75) is 26.2 Å². The predicted octanol–water partition coefficient (Wildman–Crippen LogP) is 3.58. The van der Waals surface area contributed by atoms with Gasteiger partial charge in [-0.25, -0.2) is 0 Å². The van der Waals surface area contributed by atoms with Gasteiger partial charge in [0, 0.05) is 53.7 Å². The lowest BCUT2D eigenvalue weighted by Crippen LogP contribution is -2.29. The lowest BCUT2D eigenvalue weighted by molar-refractivity contribution is 0.579. The molecule has 2 N–H and O–H groups in total. The molecule has 1 aliphatic heterocycles. The molecule has 1 aliphatic rings. The number of rotatable bonds is 4. The van der Waals surface area contributed by atoms with Gasteiger partial charge in [0.05, 0.1) is 17.2 Å². The number of aromatic amines is 2. The number of hydrogen-bond donors (Lipinski definition) is 2. The van der Waals surface area contributed by atoms with E-state index in [-0.39, 0.29) is 0 Å². The van der Waals surface area contributed by atoms with Crippen molar-refractivity contribution < 1.29 is 0 Å². The van der Waals surface area contributed by atoms with Crippen molar-refractivity contribution >= 4 is 34.8 Å². The van der Waals surface area contributed by atoms with Crippen LogP contribution in [0, 0.1) is 0 Å². The minimum absolute atomic E-state index is 0.861. The Morgan fingerprint density at radius 3 is 2.81 bits per heavy atom. The Kier molecular flexibility index (Phi) is 4.98. The molecule has 0 aliphatic carbocycles. The van der Waals surface area contributed by atoms with Crippen LogP contribution in [0.3, 0.4) is 0 Å². The molecular formula is C25H28N6. The zero-order valence-corrected chi connectivity index (χ0v) is 18.2. The van der Waals surface area contributed by atoms with Crippen molar-refractivity contribution in [2.75, 3.05) is 18.0 Å². The first-order valence-corrected chi connectivity index (χ1v) is 10.9. The first-order valence-electron chi connectivity index (χ1n) is 10.9. The molecule has 6 heteroatoms. The van der Waals surface area contributed by atoms with Gasteiger partial charge in [-0.05, 0) is 56.0 Å². The molecule has 0 amide bonds. The third-order valence-corrected chi connectivity index (χ3v) is 6.15. The van der Waals surface area contributed by atoms with Gasteiger partial charge in [0.25, 0.3) is 0 Å². The van der Waals surface area contributed by atoms with Crippen LogP contribution in [0.1, 0.15) is 31.7 Å². The normalized spacial score (nSPS) is 15.9. The van der Waals surface area contributed by atoms with Crippen molar-refractivity contribution in [1.29, 1.82) is 0 Å². The quantitative estimate of drug-likeness (QED) is 0.539. The Balaban J connectivity index is 1.50. The Labute approximate surface area is 181 Å². The van der Waals surface area contributed by atoms with E-state index in [1.165, 1.54) is 30.3 Å². The van der Waals surface area contributed by atoms with Gasteiger partial charge in [-0.2, -0.15) is 10.2 Å². The Bertz CT molecular complexity index is 1360. The summed E-state index contributed by atoms with van der Waals surface area (Å²) in [5, 5.41) is 15.0.